The van der Waals surface area contributed by atoms with Gasteiger partial charge >= 0.3 is 0 Å². The van der Waals surface area contributed by atoms with Crippen molar-refractivity contribution < 1.29 is 9.90 Å². The Kier molecular flexibility index (Phi) is 3.72. The number of benzene rings is 1. The summed E-state index contributed by atoms with van der Waals surface area (Å²) in [7, 11) is 4.00. The second-order valence-electron chi connectivity index (χ2n) is 7.19. The van der Waals surface area contributed by atoms with Gasteiger partial charge in [-0.25, -0.2) is 0 Å². The van der Waals surface area contributed by atoms with E-state index in [9.17, 15) is 9.90 Å². The Hall–Kier alpha value is -2.08. The highest BCUT2D eigenvalue weighted by molar-refractivity contribution is 6.07. The van der Waals surface area contributed by atoms with Gasteiger partial charge in [-0.2, -0.15) is 5.10 Å². The highest BCUT2D eigenvalue weighted by atomic mass is 16.3. The molecule has 0 spiro atoms. The molecule has 128 valence electrons. The van der Waals surface area contributed by atoms with E-state index in [1.54, 1.807) is 23.9 Å². The van der Waals surface area contributed by atoms with Crippen LogP contribution in [0.3, 0.4) is 0 Å². The Morgan fingerprint density at radius 2 is 1.96 bits per heavy atom. The number of piperidine rings is 2. The minimum Gasteiger partial charge on any atom is -0.507 e. The van der Waals surface area contributed by atoms with Gasteiger partial charge in [0.15, 0.2) is 5.69 Å². The topological polar surface area (TPSA) is 70.4 Å². The number of nitrogens with zero attached hydrogens (tertiary/aromatic N) is 3. The maximum absolute atomic E-state index is 12.8. The lowest BCUT2D eigenvalue weighted by Gasteiger charge is -2.47. The second-order valence-corrected chi connectivity index (χ2v) is 7.19. The van der Waals surface area contributed by atoms with Crippen molar-refractivity contribution in [1.29, 1.82) is 0 Å². The Bertz CT molecular complexity index is 771. The van der Waals surface area contributed by atoms with Crippen molar-refractivity contribution in [3.63, 3.8) is 0 Å². The van der Waals surface area contributed by atoms with E-state index in [-0.39, 0.29) is 17.7 Å². The summed E-state index contributed by atoms with van der Waals surface area (Å²) in [4.78, 5) is 15.3. The molecule has 2 bridgehead atoms. The summed E-state index contributed by atoms with van der Waals surface area (Å²) >= 11 is 0. The molecule has 2 saturated heterocycles. The molecule has 2 N–H and O–H groups in total. The molecule has 1 aromatic carbocycles. The molecule has 2 fully saturated rings. The molecule has 2 aliphatic heterocycles. The van der Waals surface area contributed by atoms with Gasteiger partial charge in [-0.1, -0.05) is 12.5 Å². The van der Waals surface area contributed by atoms with Crippen LogP contribution in [-0.2, 0) is 7.05 Å². The fraction of sp³-hybridized carbons (Fsp3) is 0.556. The number of fused-ring (bicyclic) bond motifs is 3. The van der Waals surface area contributed by atoms with Crippen LogP contribution in [0, 0.1) is 0 Å². The number of aromatic nitrogens is 2. The predicted molar refractivity (Wildman–Crippen MR) is 92.1 cm³/mol. The van der Waals surface area contributed by atoms with Crippen LogP contribution in [0.2, 0.25) is 0 Å². The van der Waals surface area contributed by atoms with Crippen LogP contribution >= 0.6 is 0 Å². The molecule has 1 amide bonds. The molecule has 2 aliphatic rings. The molecule has 24 heavy (non-hydrogen) atoms. The quantitative estimate of drug-likeness (QED) is 0.885. The Morgan fingerprint density at radius 1 is 1.25 bits per heavy atom. The number of amides is 1. The molecular weight excluding hydrogens is 304 g/mol. The highest BCUT2D eigenvalue weighted by Crippen LogP contribution is 2.33. The van der Waals surface area contributed by atoms with Crippen molar-refractivity contribution in [2.24, 2.45) is 7.05 Å². The lowest BCUT2D eigenvalue weighted by molar-refractivity contribution is 0.0462. The number of aromatic hydroxyl groups is 1. The monoisotopic (exact) mass is 328 g/mol. The van der Waals surface area contributed by atoms with Crippen molar-refractivity contribution >= 4 is 16.8 Å². The lowest BCUT2D eigenvalue weighted by atomic mass is 9.82. The fourth-order valence-corrected chi connectivity index (χ4v) is 4.44. The van der Waals surface area contributed by atoms with E-state index in [0.29, 0.717) is 23.2 Å². The minimum atomic E-state index is -0.185. The smallest absolute Gasteiger partial charge is 0.272 e. The van der Waals surface area contributed by atoms with Crippen molar-refractivity contribution in [2.75, 3.05) is 7.05 Å². The summed E-state index contributed by atoms with van der Waals surface area (Å²) in [5.74, 6) is -0.0827. The van der Waals surface area contributed by atoms with E-state index in [4.69, 9.17) is 0 Å². The number of rotatable bonds is 2. The summed E-state index contributed by atoms with van der Waals surface area (Å²) in [5, 5.41) is 18.2. The number of carbonyl (C=O) groups excluding carboxylic acids is 1. The second kappa shape index (κ2) is 5.77. The largest absolute Gasteiger partial charge is 0.507 e. The van der Waals surface area contributed by atoms with E-state index < -0.39 is 0 Å². The zero-order chi connectivity index (χ0) is 16.8. The maximum Gasteiger partial charge on any atom is 0.272 e. The van der Waals surface area contributed by atoms with Crippen molar-refractivity contribution in [1.82, 2.24) is 20.0 Å². The van der Waals surface area contributed by atoms with E-state index in [1.807, 2.05) is 6.07 Å². The third-order valence-electron chi connectivity index (χ3n) is 5.75. The Balaban J connectivity index is 1.57. The van der Waals surface area contributed by atoms with Crippen LogP contribution in [0.1, 0.15) is 42.6 Å². The molecule has 0 radical (unpaired) electrons. The van der Waals surface area contributed by atoms with Crippen LogP contribution in [0.15, 0.2) is 18.2 Å². The zero-order valence-electron chi connectivity index (χ0n) is 14.2. The SMILES string of the molecule is CN1[C@H]2CCC[C@H]1CC(NC(=O)c1nn(C)c3cccc(O)c13)C2. The molecule has 6 heteroatoms. The molecule has 1 aromatic heterocycles. The van der Waals surface area contributed by atoms with Crippen molar-refractivity contribution in [2.45, 2.75) is 50.2 Å². The van der Waals surface area contributed by atoms with Crippen molar-refractivity contribution in [3.8, 4) is 5.75 Å². The van der Waals surface area contributed by atoms with Gasteiger partial charge < -0.3 is 15.3 Å². The lowest BCUT2D eigenvalue weighted by Crippen LogP contribution is -2.55. The first-order valence-corrected chi connectivity index (χ1v) is 8.72. The Morgan fingerprint density at radius 3 is 2.67 bits per heavy atom. The van der Waals surface area contributed by atoms with Crippen molar-refractivity contribution in [3.05, 3.63) is 23.9 Å². The van der Waals surface area contributed by atoms with Gasteiger partial charge in [0.05, 0.1) is 10.9 Å². The van der Waals surface area contributed by atoms with Gasteiger partial charge in [0.25, 0.3) is 5.91 Å². The Labute approximate surface area is 141 Å². The number of nitrogens with one attached hydrogen (secondary N) is 1. The van der Waals surface area contributed by atoms with Gasteiger partial charge in [-0.05, 0) is 44.9 Å². The van der Waals surface area contributed by atoms with E-state index in [1.165, 1.54) is 19.3 Å². The molecule has 0 aliphatic carbocycles. The van der Waals surface area contributed by atoms with E-state index in [2.05, 4.69) is 22.4 Å². The molecule has 4 rings (SSSR count). The molecule has 6 nitrogen and oxygen atoms in total. The van der Waals surface area contributed by atoms with Crippen LogP contribution < -0.4 is 5.32 Å². The van der Waals surface area contributed by atoms with Gasteiger partial charge in [0.1, 0.15) is 5.75 Å². The highest BCUT2D eigenvalue weighted by Gasteiger charge is 2.36. The van der Waals surface area contributed by atoms with Crippen LogP contribution in [0.25, 0.3) is 10.9 Å². The molecule has 2 atom stereocenters. The first kappa shape index (κ1) is 15.4. The molecule has 2 aromatic rings. The number of hydrogen-bond acceptors (Lipinski definition) is 4. The average Bonchev–Trinajstić information content (AvgIpc) is 2.87. The van der Waals surface area contributed by atoms with Gasteiger partial charge in [0, 0.05) is 25.2 Å². The van der Waals surface area contributed by atoms with Gasteiger partial charge in [0.2, 0.25) is 0 Å². The first-order valence-electron chi connectivity index (χ1n) is 8.72. The maximum atomic E-state index is 12.8. The minimum absolute atomic E-state index is 0.103. The zero-order valence-corrected chi connectivity index (χ0v) is 14.2. The molecule has 3 heterocycles. The summed E-state index contributed by atoms with van der Waals surface area (Å²) < 4.78 is 1.65. The third-order valence-corrected chi connectivity index (χ3v) is 5.75. The molecule has 0 saturated carbocycles. The standard InChI is InChI=1S/C18H24N4O2/c1-21-12-5-3-6-13(21)10-11(9-12)19-18(24)17-16-14(22(2)20-17)7-4-8-15(16)23/h4,7-8,11-13,23H,3,5-6,9-10H2,1-2H3,(H,19,24)/t12-,13-/m0/s1. The van der Waals surface area contributed by atoms with E-state index >= 15 is 0 Å². The summed E-state index contributed by atoms with van der Waals surface area (Å²) in [6, 6.07) is 6.54. The predicted octanol–water partition coefficient (Wildman–Crippen LogP) is 2.02. The number of hydrogen-bond donors (Lipinski definition) is 2. The number of phenols is 1. The number of carbonyl (C=O) groups is 1. The summed E-state index contributed by atoms with van der Waals surface area (Å²) in [6.45, 7) is 0. The van der Waals surface area contributed by atoms with Gasteiger partial charge in [-0.15, -0.1) is 0 Å². The first-order chi connectivity index (χ1) is 11.5. The average molecular weight is 328 g/mol. The molecular formula is C18H24N4O2. The van der Waals surface area contributed by atoms with E-state index in [0.717, 1.165) is 18.4 Å². The fourth-order valence-electron chi connectivity index (χ4n) is 4.44. The van der Waals surface area contributed by atoms with Gasteiger partial charge in [-0.3, -0.25) is 9.48 Å². The third kappa shape index (κ3) is 2.45. The summed E-state index contributed by atoms with van der Waals surface area (Å²) in [5.41, 5.74) is 1.08. The number of aryl methyl sites for hydroxylation is 1. The van der Waals surface area contributed by atoms with Crippen LogP contribution in [0.4, 0.5) is 0 Å². The number of phenolic OH excluding ortho intramolecular Hbond substituents is 1. The van der Waals surface area contributed by atoms with Crippen LogP contribution in [0.5, 0.6) is 5.75 Å². The van der Waals surface area contributed by atoms with Crippen LogP contribution in [-0.4, -0.2) is 50.9 Å². The summed E-state index contributed by atoms with van der Waals surface area (Å²) in [6.07, 6.45) is 5.71. The molecule has 0 unspecified atom stereocenters. The normalized spacial score (nSPS) is 27.3.